The standard InChI is InChI=1S/C26H27N3O5/c1-3-34-26(31)24-27-23-20(25(30)32-2)15-18(28-11-13-33-14-12-28)16-22(23)29(24)21-10-6-8-17-7-4-5-9-19(17)21/h4-10,15-16,26,31H,3,11-14H2,1-2H3. The second kappa shape index (κ2) is 9.42. The van der Waals surface area contributed by atoms with E-state index in [0.29, 0.717) is 55.3 Å². The van der Waals surface area contributed by atoms with E-state index in [0.717, 1.165) is 22.1 Å². The second-order valence-corrected chi connectivity index (χ2v) is 8.06. The lowest BCUT2D eigenvalue weighted by Crippen LogP contribution is -2.36. The molecule has 1 aliphatic heterocycles. The average molecular weight is 462 g/mol. The first-order valence-corrected chi connectivity index (χ1v) is 11.4. The summed E-state index contributed by atoms with van der Waals surface area (Å²) in [6, 6.07) is 17.8. The van der Waals surface area contributed by atoms with Crippen LogP contribution in [0.15, 0.2) is 54.6 Å². The number of morpholine rings is 1. The zero-order chi connectivity index (χ0) is 23.7. The van der Waals surface area contributed by atoms with E-state index in [-0.39, 0.29) is 0 Å². The molecule has 8 nitrogen and oxygen atoms in total. The number of ether oxygens (including phenoxy) is 3. The first-order chi connectivity index (χ1) is 16.6. The van der Waals surface area contributed by atoms with Crippen molar-refractivity contribution in [3.8, 4) is 5.69 Å². The molecule has 1 N–H and O–H groups in total. The van der Waals surface area contributed by atoms with Crippen LogP contribution in [0.2, 0.25) is 0 Å². The third-order valence-electron chi connectivity index (χ3n) is 6.11. The highest BCUT2D eigenvalue weighted by Crippen LogP contribution is 2.34. The number of carbonyl (C=O) groups is 1. The number of hydrogen-bond acceptors (Lipinski definition) is 7. The van der Waals surface area contributed by atoms with Gasteiger partial charge in [-0.25, -0.2) is 9.78 Å². The van der Waals surface area contributed by atoms with Crippen molar-refractivity contribution in [1.29, 1.82) is 0 Å². The molecule has 3 aromatic carbocycles. The summed E-state index contributed by atoms with van der Waals surface area (Å²) in [5, 5.41) is 12.9. The number of nitrogens with zero attached hydrogens (tertiary/aromatic N) is 3. The van der Waals surface area contributed by atoms with Gasteiger partial charge in [0.1, 0.15) is 5.52 Å². The number of anilines is 1. The number of benzene rings is 3. The summed E-state index contributed by atoms with van der Waals surface area (Å²) in [6.07, 6.45) is -1.27. The van der Waals surface area contributed by atoms with E-state index in [1.54, 1.807) is 6.07 Å². The number of rotatable bonds is 6. The molecule has 4 aromatic rings. The molecule has 1 aliphatic rings. The Morgan fingerprint density at radius 1 is 1.15 bits per heavy atom. The van der Waals surface area contributed by atoms with Crippen LogP contribution in [0.4, 0.5) is 5.69 Å². The fraction of sp³-hybridized carbons (Fsp3) is 0.308. The fourth-order valence-corrected chi connectivity index (χ4v) is 4.50. The molecule has 0 saturated carbocycles. The van der Waals surface area contributed by atoms with Crippen LogP contribution in [0.5, 0.6) is 0 Å². The molecule has 5 rings (SSSR count). The molecule has 2 heterocycles. The summed E-state index contributed by atoms with van der Waals surface area (Å²) >= 11 is 0. The lowest BCUT2D eigenvalue weighted by Gasteiger charge is -2.29. The maximum Gasteiger partial charge on any atom is 0.340 e. The van der Waals surface area contributed by atoms with Gasteiger partial charge in [-0.05, 0) is 30.5 Å². The predicted molar refractivity (Wildman–Crippen MR) is 130 cm³/mol. The Morgan fingerprint density at radius 3 is 2.68 bits per heavy atom. The van der Waals surface area contributed by atoms with E-state index in [1.165, 1.54) is 7.11 Å². The molecule has 0 amide bonds. The van der Waals surface area contributed by atoms with Gasteiger partial charge >= 0.3 is 5.97 Å². The van der Waals surface area contributed by atoms with Gasteiger partial charge in [0.05, 0.1) is 37.1 Å². The monoisotopic (exact) mass is 461 g/mol. The quantitative estimate of drug-likeness (QED) is 0.345. The van der Waals surface area contributed by atoms with Crippen molar-refractivity contribution in [2.45, 2.75) is 13.2 Å². The van der Waals surface area contributed by atoms with E-state index in [2.05, 4.69) is 4.90 Å². The highest BCUT2D eigenvalue weighted by Gasteiger charge is 2.26. The molecule has 1 fully saturated rings. The summed E-state index contributed by atoms with van der Waals surface area (Å²) in [5.74, 6) is -0.183. The summed E-state index contributed by atoms with van der Waals surface area (Å²) in [6.45, 7) is 4.77. The first-order valence-electron chi connectivity index (χ1n) is 11.4. The molecule has 34 heavy (non-hydrogen) atoms. The maximum atomic E-state index is 12.8. The van der Waals surface area contributed by atoms with E-state index in [9.17, 15) is 9.90 Å². The van der Waals surface area contributed by atoms with Crippen molar-refractivity contribution in [2.24, 2.45) is 0 Å². The van der Waals surface area contributed by atoms with Gasteiger partial charge < -0.3 is 24.2 Å². The lowest BCUT2D eigenvalue weighted by atomic mass is 10.1. The number of carbonyl (C=O) groups excluding carboxylic acids is 1. The highest BCUT2D eigenvalue weighted by atomic mass is 16.6. The van der Waals surface area contributed by atoms with Crippen molar-refractivity contribution in [1.82, 2.24) is 9.55 Å². The predicted octanol–water partition coefficient (Wildman–Crippen LogP) is 3.83. The Balaban J connectivity index is 1.84. The third kappa shape index (κ3) is 3.90. The Bertz CT molecular complexity index is 1340. The molecular weight excluding hydrogens is 434 g/mol. The van der Waals surface area contributed by atoms with Crippen LogP contribution in [0.25, 0.3) is 27.5 Å². The van der Waals surface area contributed by atoms with E-state index < -0.39 is 12.3 Å². The molecule has 176 valence electrons. The number of aliphatic hydroxyl groups excluding tert-OH is 1. The lowest BCUT2D eigenvalue weighted by molar-refractivity contribution is -0.104. The Labute approximate surface area is 197 Å². The maximum absolute atomic E-state index is 12.8. The second-order valence-electron chi connectivity index (χ2n) is 8.06. The van der Waals surface area contributed by atoms with Gasteiger partial charge in [0.25, 0.3) is 0 Å². The van der Waals surface area contributed by atoms with Crippen LogP contribution in [-0.2, 0) is 14.2 Å². The van der Waals surface area contributed by atoms with Crippen LogP contribution in [0.1, 0.15) is 29.4 Å². The highest BCUT2D eigenvalue weighted by molar-refractivity contribution is 6.05. The topological polar surface area (TPSA) is 86.1 Å². The van der Waals surface area contributed by atoms with E-state index in [4.69, 9.17) is 19.2 Å². The minimum Gasteiger partial charge on any atom is -0.465 e. The van der Waals surface area contributed by atoms with Gasteiger partial charge in [-0.1, -0.05) is 36.4 Å². The van der Waals surface area contributed by atoms with Crippen molar-refractivity contribution >= 4 is 33.5 Å². The van der Waals surface area contributed by atoms with Crippen LogP contribution in [0, 0.1) is 0 Å². The largest absolute Gasteiger partial charge is 0.465 e. The van der Waals surface area contributed by atoms with Crippen LogP contribution in [-0.4, -0.2) is 60.6 Å². The molecular formula is C26H27N3O5. The molecule has 0 spiro atoms. The van der Waals surface area contributed by atoms with Gasteiger partial charge in [0.2, 0.25) is 6.29 Å². The molecule has 0 radical (unpaired) electrons. The zero-order valence-electron chi connectivity index (χ0n) is 19.2. The number of methoxy groups -OCH3 is 1. The molecule has 0 aliphatic carbocycles. The van der Waals surface area contributed by atoms with E-state index in [1.807, 2.05) is 60.0 Å². The van der Waals surface area contributed by atoms with Crippen LogP contribution >= 0.6 is 0 Å². The molecule has 1 atom stereocenters. The van der Waals surface area contributed by atoms with Crippen molar-refractivity contribution < 1.29 is 24.1 Å². The van der Waals surface area contributed by atoms with Gasteiger partial charge in [-0.15, -0.1) is 0 Å². The summed E-state index contributed by atoms with van der Waals surface area (Å²) in [5.41, 5.74) is 3.19. The number of esters is 1. The fourth-order valence-electron chi connectivity index (χ4n) is 4.50. The number of imidazole rings is 1. The normalized spacial score (nSPS) is 15.1. The Morgan fingerprint density at radius 2 is 1.91 bits per heavy atom. The zero-order valence-corrected chi connectivity index (χ0v) is 19.2. The third-order valence-corrected chi connectivity index (χ3v) is 6.11. The Kier molecular flexibility index (Phi) is 6.19. The van der Waals surface area contributed by atoms with Gasteiger partial charge in [-0.3, -0.25) is 4.57 Å². The average Bonchev–Trinajstić information content (AvgIpc) is 3.27. The molecule has 8 heteroatoms. The number of aromatic nitrogens is 2. The van der Waals surface area contributed by atoms with Crippen LogP contribution < -0.4 is 4.90 Å². The SMILES string of the molecule is CCOC(O)c1nc2c(C(=O)OC)cc(N3CCOCC3)cc2n1-c1cccc2ccccc12. The van der Waals surface area contributed by atoms with Gasteiger partial charge in [0, 0.05) is 30.8 Å². The van der Waals surface area contributed by atoms with Crippen molar-refractivity contribution in [2.75, 3.05) is 44.9 Å². The molecule has 1 unspecified atom stereocenters. The summed E-state index contributed by atoms with van der Waals surface area (Å²) in [4.78, 5) is 19.7. The summed E-state index contributed by atoms with van der Waals surface area (Å²) < 4.78 is 18.0. The molecule has 0 bridgehead atoms. The van der Waals surface area contributed by atoms with Gasteiger partial charge in [0.15, 0.2) is 5.82 Å². The molecule has 1 saturated heterocycles. The van der Waals surface area contributed by atoms with Crippen LogP contribution in [0.3, 0.4) is 0 Å². The Hall–Kier alpha value is -3.46. The first kappa shape index (κ1) is 22.3. The smallest absolute Gasteiger partial charge is 0.340 e. The van der Waals surface area contributed by atoms with Crippen molar-refractivity contribution in [3.63, 3.8) is 0 Å². The summed E-state index contributed by atoms with van der Waals surface area (Å²) in [7, 11) is 1.35. The van der Waals surface area contributed by atoms with Crippen molar-refractivity contribution in [3.05, 3.63) is 66.0 Å². The number of fused-ring (bicyclic) bond motifs is 2. The van der Waals surface area contributed by atoms with Gasteiger partial charge in [-0.2, -0.15) is 0 Å². The minimum atomic E-state index is -1.27. The minimum absolute atomic E-state index is 0.303. The molecule has 1 aromatic heterocycles. The number of aliphatic hydroxyl groups is 1. The van der Waals surface area contributed by atoms with E-state index >= 15 is 0 Å². The number of hydrogen-bond donors (Lipinski definition) is 1.